The molecule has 1 fully saturated rings. The molecule has 30 heavy (non-hydrogen) atoms. The molecule has 3 heteroatoms. The normalized spacial score (nSPS) is 21.2. The molecule has 0 saturated heterocycles. The fourth-order valence-corrected chi connectivity index (χ4v) is 8.80. The smallest absolute Gasteiger partial charge is 0.258 e. The standard InChI is InChI=1S/C27H30O2Si/c1-26(2,19-18-23-20-27(23,21-28)22-12-6-3-7-13-22)30(29,24-14-8-4-9-15-24)25-16-10-5-11-17-25/h3-17,21,23,29H,18-20H2,1-2H3. The van der Waals surface area contributed by atoms with Gasteiger partial charge in [0.1, 0.15) is 6.29 Å². The lowest BCUT2D eigenvalue weighted by Crippen LogP contribution is -2.65. The van der Waals surface area contributed by atoms with E-state index in [2.05, 4.69) is 50.2 Å². The molecular weight excluding hydrogens is 384 g/mol. The Bertz CT molecular complexity index is 946. The van der Waals surface area contributed by atoms with Crippen molar-refractivity contribution in [2.45, 2.75) is 43.6 Å². The summed E-state index contributed by atoms with van der Waals surface area (Å²) in [6.07, 6.45) is 3.88. The van der Waals surface area contributed by atoms with E-state index in [9.17, 15) is 9.59 Å². The molecule has 2 unspecified atom stereocenters. The van der Waals surface area contributed by atoms with Crippen LogP contribution < -0.4 is 10.4 Å². The van der Waals surface area contributed by atoms with Gasteiger partial charge in [0.05, 0.1) is 5.41 Å². The van der Waals surface area contributed by atoms with Crippen molar-refractivity contribution in [3.63, 3.8) is 0 Å². The number of benzene rings is 3. The molecule has 1 saturated carbocycles. The van der Waals surface area contributed by atoms with Crippen molar-refractivity contribution in [1.82, 2.24) is 0 Å². The topological polar surface area (TPSA) is 37.3 Å². The Morgan fingerprint density at radius 1 is 0.900 bits per heavy atom. The lowest BCUT2D eigenvalue weighted by Gasteiger charge is -2.41. The summed E-state index contributed by atoms with van der Waals surface area (Å²) in [5.41, 5.74) is 0.790. The second-order valence-electron chi connectivity index (χ2n) is 9.29. The van der Waals surface area contributed by atoms with E-state index in [4.69, 9.17) is 0 Å². The third-order valence-electron chi connectivity index (χ3n) is 7.15. The summed E-state index contributed by atoms with van der Waals surface area (Å²) in [6.45, 7) is 4.40. The molecule has 0 aromatic heterocycles. The monoisotopic (exact) mass is 414 g/mol. The van der Waals surface area contributed by atoms with E-state index in [1.54, 1.807) is 0 Å². The van der Waals surface area contributed by atoms with Crippen LogP contribution in [0.4, 0.5) is 0 Å². The van der Waals surface area contributed by atoms with Crippen LogP contribution in [-0.2, 0) is 10.2 Å². The molecule has 0 aliphatic heterocycles. The van der Waals surface area contributed by atoms with Gasteiger partial charge in [0, 0.05) is 0 Å². The van der Waals surface area contributed by atoms with Crippen LogP contribution in [0.3, 0.4) is 0 Å². The summed E-state index contributed by atoms with van der Waals surface area (Å²) in [6, 6.07) is 30.5. The van der Waals surface area contributed by atoms with Gasteiger partial charge in [-0.25, -0.2) is 0 Å². The number of carbonyl (C=O) groups is 1. The molecule has 2 atom stereocenters. The third kappa shape index (κ3) is 3.46. The van der Waals surface area contributed by atoms with Crippen molar-refractivity contribution in [1.29, 1.82) is 0 Å². The van der Waals surface area contributed by atoms with E-state index in [1.807, 2.05) is 54.6 Å². The molecule has 0 heterocycles. The van der Waals surface area contributed by atoms with Gasteiger partial charge in [-0.3, -0.25) is 0 Å². The van der Waals surface area contributed by atoms with Crippen LogP contribution in [0.15, 0.2) is 91.0 Å². The molecule has 3 aromatic carbocycles. The quantitative estimate of drug-likeness (QED) is 0.437. The number of rotatable bonds is 8. The van der Waals surface area contributed by atoms with Crippen LogP contribution in [0, 0.1) is 5.92 Å². The van der Waals surface area contributed by atoms with E-state index >= 15 is 0 Å². The second-order valence-corrected chi connectivity index (χ2v) is 13.2. The molecule has 0 amide bonds. The molecule has 1 aliphatic rings. The van der Waals surface area contributed by atoms with Crippen LogP contribution in [0.25, 0.3) is 0 Å². The Balaban J connectivity index is 1.60. The summed E-state index contributed by atoms with van der Waals surface area (Å²) in [7, 11) is -2.99. The van der Waals surface area contributed by atoms with Gasteiger partial charge in [-0.15, -0.1) is 0 Å². The van der Waals surface area contributed by atoms with Gasteiger partial charge in [0.2, 0.25) is 0 Å². The van der Waals surface area contributed by atoms with Crippen molar-refractivity contribution >= 4 is 25.0 Å². The highest BCUT2D eigenvalue weighted by Crippen LogP contribution is 2.57. The fraction of sp³-hybridized carbons (Fsp3) is 0.296. The maximum absolute atomic E-state index is 12.3. The summed E-state index contributed by atoms with van der Waals surface area (Å²) in [5, 5.41) is 1.81. The fourth-order valence-electron chi connectivity index (χ4n) is 5.05. The molecular formula is C27H30O2Si. The zero-order valence-electron chi connectivity index (χ0n) is 17.8. The highest BCUT2D eigenvalue weighted by molar-refractivity contribution is 6.98. The third-order valence-corrected chi connectivity index (χ3v) is 11.7. The van der Waals surface area contributed by atoms with Gasteiger partial charge in [0.15, 0.2) is 0 Å². The Labute approximate surface area is 180 Å². The Morgan fingerprint density at radius 2 is 1.37 bits per heavy atom. The van der Waals surface area contributed by atoms with Crippen LogP contribution in [-0.4, -0.2) is 19.4 Å². The summed E-state index contributed by atoms with van der Waals surface area (Å²) < 4.78 is 0. The minimum atomic E-state index is -2.99. The minimum Gasteiger partial charge on any atom is -0.424 e. The molecule has 0 bridgehead atoms. The Kier molecular flexibility index (Phi) is 5.52. The molecule has 4 rings (SSSR count). The average molecular weight is 415 g/mol. The first-order valence-corrected chi connectivity index (χ1v) is 12.7. The first-order chi connectivity index (χ1) is 14.4. The van der Waals surface area contributed by atoms with Crippen LogP contribution in [0.1, 0.15) is 38.7 Å². The highest BCUT2D eigenvalue weighted by Gasteiger charge is 2.57. The van der Waals surface area contributed by atoms with E-state index < -0.39 is 8.32 Å². The average Bonchev–Trinajstić information content (AvgIpc) is 3.54. The van der Waals surface area contributed by atoms with Crippen LogP contribution in [0.2, 0.25) is 5.04 Å². The largest absolute Gasteiger partial charge is 0.424 e. The van der Waals surface area contributed by atoms with Gasteiger partial charge in [0.25, 0.3) is 8.32 Å². The molecule has 3 aromatic rings. The molecule has 0 radical (unpaired) electrons. The lowest BCUT2D eigenvalue weighted by atomic mass is 9.92. The van der Waals surface area contributed by atoms with Crippen LogP contribution >= 0.6 is 0 Å². The number of aldehydes is 1. The first-order valence-electron chi connectivity index (χ1n) is 10.8. The van der Waals surface area contributed by atoms with Crippen molar-refractivity contribution in [3.8, 4) is 0 Å². The van der Waals surface area contributed by atoms with Crippen LogP contribution in [0.5, 0.6) is 0 Å². The van der Waals surface area contributed by atoms with Crippen molar-refractivity contribution in [2.75, 3.05) is 0 Å². The zero-order chi connectivity index (χ0) is 21.2. The van der Waals surface area contributed by atoms with E-state index in [0.29, 0.717) is 5.92 Å². The maximum Gasteiger partial charge on any atom is 0.258 e. The minimum absolute atomic E-state index is 0.274. The van der Waals surface area contributed by atoms with Crippen molar-refractivity contribution in [3.05, 3.63) is 96.6 Å². The molecule has 1 N–H and O–H groups in total. The summed E-state index contributed by atoms with van der Waals surface area (Å²) in [5.74, 6) is 0.349. The lowest BCUT2D eigenvalue weighted by molar-refractivity contribution is -0.110. The Hall–Kier alpha value is -2.49. The van der Waals surface area contributed by atoms with Crippen molar-refractivity contribution in [2.24, 2.45) is 5.92 Å². The number of hydrogen-bond acceptors (Lipinski definition) is 2. The number of carbonyl (C=O) groups excluding carboxylic acids is 1. The number of hydrogen-bond donors (Lipinski definition) is 1. The van der Waals surface area contributed by atoms with Gasteiger partial charge < -0.3 is 9.59 Å². The maximum atomic E-state index is 12.3. The molecule has 154 valence electrons. The first kappa shape index (κ1) is 20.8. The van der Waals surface area contributed by atoms with Gasteiger partial charge in [-0.2, -0.15) is 0 Å². The predicted octanol–water partition coefficient (Wildman–Crippen LogP) is 4.46. The van der Waals surface area contributed by atoms with E-state index in [-0.39, 0.29) is 10.5 Å². The summed E-state index contributed by atoms with van der Waals surface area (Å²) >= 11 is 0. The molecule has 1 aliphatic carbocycles. The van der Waals surface area contributed by atoms with Crippen molar-refractivity contribution < 1.29 is 9.59 Å². The van der Waals surface area contributed by atoms with E-state index in [1.165, 1.54) is 0 Å². The molecule has 2 nitrogen and oxygen atoms in total. The van der Waals surface area contributed by atoms with Gasteiger partial charge in [-0.1, -0.05) is 105 Å². The van der Waals surface area contributed by atoms with E-state index in [0.717, 1.165) is 41.5 Å². The van der Waals surface area contributed by atoms with Gasteiger partial charge >= 0.3 is 0 Å². The second kappa shape index (κ2) is 7.97. The Morgan fingerprint density at radius 3 is 1.83 bits per heavy atom. The zero-order valence-corrected chi connectivity index (χ0v) is 18.8. The molecule has 0 spiro atoms. The predicted molar refractivity (Wildman–Crippen MR) is 126 cm³/mol. The highest BCUT2D eigenvalue weighted by atomic mass is 28.4. The SMILES string of the molecule is CC(C)(CCC1CC1(C=O)c1ccccc1)[Si](O)(c1ccccc1)c1ccccc1. The van der Waals surface area contributed by atoms with Gasteiger partial charge in [-0.05, 0) is 46.2 Å². The summed E-state index contributed by atoms with van der Waals surface area (Å²) in [4.78, 5) is 24.3.